The van der Waals surface area contributed by atoms with E-state index in [1.807, 2.05) is 80.7 Å². The van der Waals surface area contributed by atoms with E-state index in [1.54, 1.807) is 18.0 Å². The lowest BCUT2D eigenvalue weighted by Gasteiger charge is -2.17. The zero-order valence-electron chi connectivity index (χ0n) is 24.3. The van der Waals surface area contributed by atoms with Gasteiger partial charge in [-0.15, -0.1) is 23.1 Å². The predicted octanol–water partition coefficient (Wildman–Crippen LogP) is 5.33. The molecule has 43 heavy (non-hydrogen) atoms. The maximum atomic E-state index is 11.9. The van der Waals surface area contributed by atoms with Gasteiger partial charge in [-0.05, 0) is 40.6 Å². The Hall–Kier alpha value is -2.35. The van der Waals surface area contributed by atoms with Gasteiger partial charge in [0.15, 0.2) is 9.50 Å². The Morgan fingerprint density at radius 1 is 1.19 bits per heavy atom. The largest absolute Gasteiger partial charge is 0.496 e. The molecule has 0 saturated heterocycles. The van der Waals surface area contributed by atoms with Crippen LogP contribution in [0.2, 0.25) is 4.47 Å². The number of guanidine groups is 1. The number of aromatic nitrogens is 1. The van der Waals surface area contributed by atoms with E-state index >= 15 is 0 Å². The first-order valence-electron chi connectivity index (χ1n) is 12.2. The van der Waals surface area contributed by atoms with Crippen LogP contribution < -0.4 is 16.1 Å². The predicted molar refractivity (Wildman–Crippen MR) is 191 cm³/mol. The lowest BCUT2D eigenvalue weighted by Crippen LogP contribution is -2.39. The van der Waals surface area contributed by atoms with Crippen molar-refractivity contribution in [2.75, 3.05) is 52.9 Å². The summed E-state index contributed by atoms with van der Waals surface area (Å²) < 4.78 is 7.46. The summed E-state index contributed by atoms with van der Waals surface area (Å²) in [5.74, 6) is 1.54. The molecule has 0 bridgehead atoms. The number of hydrazine groups is 1. The van der Waals surface area contributed by atoms with Crippen molar-refractivity contribution in [3.05, 3.63) is 66.7 Å². The van der Waals surface area contributed by atoms with Crippen LogP contribution in [0.1, 0.15) is 11.8 Å². The van der Waals surface area contributed by atoms with E-state index < -0.39 is 5.03 Å². The number of anilines is 1. The highest BCUT2D eigenvalue weighted by atomic mass is 35.5. The van der Waals surface area contributed by atoms with Crippen molar-refractivity contribution in [2.45, 2.75) is 13.5 Å². The van der Waals surface area contributed by atoms with Crippen molar-refractivity contribution in [1.29, 1.82) is 0 Å². The zero-order chi connectivity index (χ0) is 32.4. The number of halogens is 1. The van der Waals surface area contributed by atoms with Gasteiger partial charge < -0.3 is 25.2 Å². The van der Waals surface area contributed by atoms with Crippen molar-refractivity contribution in [2.24, 2.45) is 4.99 Å². The quantitative estimate of drug-likeness (QED) is 0.0915. The Labute approximate surface area is 283 Å². The normalized spacial score (nSPS) is 12.3. The molecule has 1 aromatic carbocycles. The minimum Gasteiger partial charge on any atom is -0.496 e. The van der Waals surface area contributed by atoms with Crippen LogP contribution in [0.25, 0.3) is 0 Å². The molecule has 2 heterocycles. The molecule has 236 valence electrons. The monoisotopic (exact) mass is 724 g/mol. The number of benzene rings is 1. The van der Waals surface area contributed by atoms with Crippen molar-refractivity contribution < 1.29 is 14.6 Å². The number of para-hydroxylation sites is 1. The lowest BCUT2D eigenvalue weighted by molar-refractivity contribution is -0.525. The summed E-state index contributed by atoms with van der Waals surface area (Å²) in [7, 11) is 12.2. The van der Waals surface area contributed by atoms with Crippen LogP contribution in [0.15, 0.2) is 52.2 Å². The molecule has 1 aliphatic heterocycles. The number of thiazole rings is 1. The number of nitro groups is 1. The van der Waals surface area contributed by atoms with Gasteiger partial charge in [0, 0.05) is 57.8 Å². The van der Waals surface area contributed by atoms with Gasteiger partial charge in [0.25, 0.3) is 11.9 Å². The number of nitrogens with zero attached hydrogens (tertiary/aromatic N) is 5. The summed E-state index contributed by atoms with van der Waals surface area (Å²) >= 11 is 18.6. The standard InChI is InChI=1S/C12H13NO2S.C6H8ClN5O2S.C6H12N2S4/c1-9-11(16-8-7-15-9)12(14)13-10-5-3-2-4-6-10;1-8-6(11-12(13)14)10-3-4-2-9-5(7)15-4;1-7(2)5(9)11-12-6(10)8(3)4/h2-6H,7-8H2,1H3,(H,13,14);2H,3H2,1H3,(H2,8,10,11);1-4H3. The van der Waals surface area contributed by atoms with Gasteiger partial charge in [0.2, 0.25) is 0 Å². The summed E-state index contributed by atoms with van der Waals surface area (Å²) in [5, 5.41) is 15.0. The van der Waals surface area contributed by atoms with Gasteiger partial charge in [-0.25, -0.2) is 15.1 Å². The maximum absolute atomic E-state index is 11.9. The van der Waals surface area contributed by atoms with Gasteiger partial charge in [-0.3, -0.25) is 9.79 Å². The number of thiocarbonyl (C=S) groups is 2. The number of amides is 1. The van der Waals surface area contributed by atoms with Gasteiger partial charge in [-0.1, -0.05) is 59.7 Å². The van der Waals surface area contributed by atoms with Crippen molar-refractivity contribution >= 4 is 107 Å². The molecule has 0 radical (unpaired) electrons. The molecule has 1 aliphatic rings. The molecular formula is C24H33ClN8O4S6. The molecule has 2 aromatic rings. The Morgan fingerprint density at radius 3 is 2.26 bits per heavy atom. The molecule has 0 saturated carbocycles. The van der Waals surface area contributed by atoms with Crippen LogP contribution in [0.3, 0.4) is 0 Å². The van der Waals surface area contributed by atoms with Crippen LogP contribution in [-0.2, 0) is 16.1 Å². The fraction of sp³-hybridized carbons (Fsp3) is 0.375. The first kappa shape index (κ1) is 38.7. The van der Waals surface area contributed by atoms with Crippen LogP contribution in [0.4, 0.5) is 5.69 Å². The van der Waals surface area contributed by atoms with Crippen molar-refractivity contribution in [1.82, 2.24) is 25.5 Å². The SMILES string of the molecule is CC1=C(C(=O)Nc2ccccc2)SCCO1.CN(C)C(=S)SSC(=S)N(C)C.CN=C(NCc1cnc(Cl)s1)N[N+](=O)[O-]. The number of rotatable bonds is 5. The number of nitrogens with one attached hydrogen (secondary N) is 3. The molecule has 19 heteroatoms. The molecule has 3 rings (SSSR count). The van der Waals surface area contributed by atoms with E-state index in [4.69, 9.17) is 40.8 Å². The van der Waals surface area contributed by atoms with Crippen molar-refractivity contribution in [3.63, 3.8) is 0 Å². The summed E-state index contributed by atoms with van der Waals surface area (Å²) in [6.07, 6.45) is 1.60. The number of allylic oxidation sites excluding steroid dienone is 1. The van der Waals surface area contributed by atoms with E-state index in [2.05, 4.69) is 20.6 Å². The molecule has 0 spiro atoms. The average Bonchev–Trinajstić information content (AvgIpc) is 3.39. The Morgan fingerprint density at radius 2 is 1.79 bits per heavy atom. The second-order valence-corrected chi connectivity index (χ2v) is 14.5. The fourth-order valence-corrected chi connectivity index (χ4v) is 6.56. The van der Waals surface area contributed by atoms with Gasteiger partial charge in [0.05, 0.1) is 13.2 Å². The molecular weight excluding hydrogens is 692 g/mol. The minimum atomic E-state index is -0.686. The topological polar surface area (TPSA) is 137 Å². The van der Waals surface area contributed by atoms with Crippen molar-refractivity contribution in [3.8, 4) is 0 Å². The second-order valence-electron chi connectivity index (χ2n) is 8.26. The highest BCUT2D eigenvalue weighted by Crippen LogP contribution is 2.27. The molecule has 0 aliphatic carbocycles. The number of ether oxygens (including phenoxy) is 1. The lowest BCUT2D eigenvalue weighted by atomic mass is 10.3. The van der Waals surface area contributed by atoms with E-state index in [1.165, 1.54) is 40.0 Å². The molecule has 0 unspecified atom stereocenters. The minimum absolute atomic E-state index is 0.0875. The number of hydrogen-bond donors (Lipinski definition) is 3. The smallest absolute Gasteiger partial charge is 0.265 e. The highest BCUT2D eigenvalue weighted by Gasteiger charge is 2.18. The number of aliphatic imine (C=N–C) groups is 1. The van der Waals surface area contributed by atoms with Gasteiger partial charge in [-0.2, -0.15) is 0 Å². The van der Waals surface area contributed by atoms with E-state index in [0.717, 1.165) is 25.0 Å². The van der Waals surface area contributed by atoms with E-state index in [9.17, 15) is 14.9 Å². The Balaban J connectivity index is 0.000000327. The summed E-state index contributed by atoms with van der Waals surface area (Å²) in [6.45, 7) is 2.89. The van der Waals surface area contributed by atoms with Crippen LogP contribution in [-0.4, -0.2) is 87.9 Å². The maximum Gasteiger partial charge on any atom is 0.265 e. The molecule has 0 fully saturated rings. The molecule has 12 nitrogen and oxygen atoms in total. The first-order chi connectivity index (χ1) is 20.3. The molecule has 0 atom stereocenters. The van der Waals surface area contributed by atoms with Gasteiger partial charge >= 0.3 is 0 Å². The van der Waals surface area contributed by atoms with Crippen LogP contribution in [0, 0.1) is 10.1 Å². The summed E-state index contributed by atoms with van der Waals surface area (Å²) in [4.78, 5) is 34.9. The van der Waals surface area contributed by atoms with Gasteiger partial charge in [0.1, 0.15) is 19.3 Å². The Bertz CT molecular complexity index is 1260. The average molecular weight is 725 g/mol. The van der Waals surface area contributed by atoms with E-state index in [0.29, 0.717) is 28.3 Å². The summed E-state index contributed by atoms with van der Waals surface area (Å²) in [5.41, 5.74) is 2.72. The van der Waals surface area contributed by atoms with Crippen LogP contribution in [0.5, 0.6) is 0 Å². The second kappa shape index (κ2) is 21.4. The van der Waals surface area contributed by atoms with Crippen LogP contribution >= 0.6 is 80.7 Å². The zero-order valence-corrected chi connectivity index (χ0v) is 29.9. The molecule has 1 aromatic heterocycles. The highest BCUT2D eigenvalue weighted by molar-refractivity contribution is 8.89. The fourth-order valence-electron chi connectivity index (χ4n) is 2.45. The number of hydrogen-bond acceptors (Lipinski definition) is 12. The number of carbonyl (C=O) groups excluding carboxylic acids is 1. The third kappa shape index (κ3) is 16.9. The Kier molecular flexibility index (Phi) is 19.2. The third-order valence-corrected chi connectivity index (χ3v) is 10.9. The number of thioether (sulfide) groups is 1. The first-order valence-corrected chi connectivity index (χ1v) is 17.3. The number of carbonyl (C=O) groups is 1. The third-order valence-electron chi connectivity index (χ3n) is 4.50. The summed E-state index contributed by atoms with van der Waals surface area (Å²) in [6, 6.07) is 9.42. The van der Waals surface area contributed by atoms with E-state index in [-0.39, 0.29) is 11.9 Å². The molecule has 1 amide bonds. The molecule has 3 N–H and O–H groups in total.